The number of ketones is 1. The normalized spacial score (nSPS) is 10.2. The number of ether oxygens (including phenoxy) is 1. The van der Waals surface area contributed by atoms with E-state index < -0.39 is 5.97 Å². The summed E-state index contributed by atoms with van der Waals surface area (Å²) in [5, 5.41) is 1.68. The summed E-state index contributed by atoms with van der Waals surface area (Å²) in [5.74, 6) is -0.876. The second-order valence-electron chi connectivity index (χ2n) is 3.56. The zero-order chi connectivity index (χ0) is 12.3. The summed E-state index contributed by atoms with van der Waals surface area (Å²) < 4.78 is 4.47. The molecule has 2 rings (SSSR count). The van der Waals surface area contributed by atoms with Crippen molar-refractivity contribution < 1.29 is 14.3 Å². The fourth-order valence-electron chi connectivity index (χ4n) is 1.63. The highest BCUT2D eigenvalue weighted by Crippen LogP contribution is 2.17. The lowest BCUT2D eigenvalue weighted by atomic mass is 10.1. The average molecular weight is 229 g/mol. The molecule has 17 heavy (non-hydrogen) atoms. The molecule has 2 aromatic rings. The molecule has 0 aliphatic carbocycles. The first kappa shape index (κ1) is 11.3. The van der Waals surface area contributed by atoms with Crippen LogP contribution in [0.5, 0.6) is 0 Å². The second-order valence-corrected chi connectivity index (χ2v) is 3.56. The summed E-state index contributed by atoms with van der Waals surface area (Å²) in [7, 11) is 1.26. The van der Waals surface area contributed by atoms with Crippen molar-refractivity contribution in [2.45, 2.75) is 6.42 Å². The number of rotatable bonds is 3. The van der Waals surface area contributed by atoms with Crippen LogP contribution >= 0.6 is 0 Å². The van der Waals surface area contributed by atoms with Crippen LogP contribution in [0.25, 0.3) is 10.8 Å². The molecule has 0 radical (unpaired) electrons. The molecule has 1 aromatic heterocycles. The van der Waals surface area contributed by atoms with Crippen LogP contribution in [-0.4, -0.2) is 23.8 Å². The zero-order valence-corrected chi connectivity index (χ0v) is 9.34. The van der Waals surface area contributed by atoms with Crippen molar-refractivity contribution in [3.63, 3.8) is 0 Å². The SMILES string of the molecule is COC(=O)CC(=O)c1nccc2ccccc12. The third kappa shape index (κ3) is 2.30. The van der Waals surface area contributed by atoms with E-state index in [1.54, 1.807) is 6.20 Å². The number of aromatic nitrogens is 1. The molecule has 0 saturated heterocycles. The summed E-state index contributed by atoms with van der Waals surface area (Å²) in [4.78, 5) is 27.0. The zero-order valence-electron chi connectivity index (χ0n) is 9.34. The summed E-state index contributed by atoms with van der Waals surface area (Å²) in [5.41, 5.74) is 0.313. The molecule has 0 bridgehead atoms. The van der Waals surface area contributed by atoms with Crippen LogP contribution in [-0.2, 0) is 9.53 Å². The Kier molecular flexibility index (Phi) is 3.14. The maximum atomic E-state index is 11.9. The van der Waals surface area contributed by atoms with Crippen molar-refractivity contribution in [2.75, 3.05) is 7.11 Å². The molecule has 0 atom stereocenters. The fraction of sp³-hybridized carbons (Fsp3) is 0.154. The third-order valence-electron chi connectivity index (χ3n) is 2.47. The van der Waals surface area contributed by atoms with E-state index in [9.17, 15) is 9.59 Å². The lowest BCUT2D eigenvalue weighted by Gasteiger charge is -2.03. The van der Waals surface area contributed by atoms with Gasteiger partial charge in [0.05, 0.1) is 7.11 Å². The molecule has 1 heterocycles. The minimum absolute atomic E-state index is 0.280. The molecule has 0 aliphatic heterocycles. The highest BCUT2D eigenvalue weighted by molar-refractivity contribution is 6.11. The van der Waals surface area contributed by atoms with Crippen LogP contribution in [0.4, 0.5) is 0 Å². The van der Waals surface area contributed by atoms with Crippen LogP contribution < -0.4 is 0 Å². The predicted octanol–water partition coefficient (Wildman–Crippen LogP) is 1.98. The maximum absolute atomic E-state index is 11.9. The highest BCUT2D eigenvalue weighted by atomic mass is 16.5. The molecule has 4 heteroatoms. The molecule has 0 saturated carbocycles. The number of nitrogens with zero attached hydrogens (tertiary/aromatic N) is 1. The number of Topliss-reactive ketones (excluding diaryl/α,β-unsaturated/α-hetero) is 1. The van der Waals surface area contributed by atoms with Crippen molar-refractivity contribution in [3.05, 3.63) is 42.2 Å². The summed E-state index contributed by atoms with van der Waals surface area (Å²) in [6, 6.07) is 9.25. The number of benzene rings is 1. The molecule has 0 fully saturated rings. The minimum atomic E-state index is -0.551. The molecule has 86 valence electrons. The molecule has 0 unspecified atom stereocenters. The topological polar surface area (TPSA) is 56.3 Å². The first-order valence-corrected chi connectivity index (χ1v) is 5.16. The number of hydrogen-bond donors (Lipinski definition) is 0. The number of carbonyl (C=O) groups is 2. The fourth-order valence-corrected chi connectivity index (χ4v) is 1.63. The lowest BCUT2D eigenvalue weighted by molar-refractivity contribution is -0.139. The maximum Gasteiger partial charge on any atom is 0.313 e. The molecular weight excluding hydrogens is 218 g/mol. The molecular formula is C13H11NO3. The van der Waals surface area contributed by atoms with Gasteiger partial charge in [-0.05, 0) is 11.5 Å². The molecule has 0 N–H and O–H groups in total. The molecule has 0 spiro atoms. The molecule has 0 aliphatic rings. The van der Waals surface area contributed by atoms with Gasteiger partial charge in [0, 0.05) is 11.6 Å². The van der Waals surface area contributed by atoms with Crippen LogP contribution in [0.1, 0.15) is 16.9 Å². The van der Waals surface area contributed by atoms with Crippen LogP contribution in [0, 0.1) is 0 Å². The Morgan fingerprint density at radius 2 is 2.00 bits per heavy atom. The smallest absolute Gasteiger partial charge is 0.313 e. The van der Waals surface area contributed by atoms with Gasteiger partial charge in [-0.15, -0.1) is 0 Å². The van der Waals surface area contributed by atoms with Crippen molar-refractivity contribution in [1.82, 2.24) is 4.98 Å². The van der Waals surface area contributed by atoms with Gasteiger partial charge in [0.1, 0.15) is 12.1 Å². The Morgan fingerprint density at radius 3 is 2.76 bits per heavy atom. The van der Waals surface area contributed by atoms with E-state index in [2.05, 4.69) is 9.72 Å². The Labute approximate surface area is 98.2 Å². The Bertz CT molecular complexity index is 572. The van der Waals surface area contributed by atoms with Crippen LogP contribution in [0.2, 0.25) is 0 Å². The van der Waals surface area contributed by atoms with Crippen molar-refractivity contribution in [1.29, 1.82) is 0 Å². The van der Waals surface area contributed by atoms with Gasteiger partial charge in [-0.1, -0.05) is 24.3 Å². The first-order valence-electron chi connectivity index (χ1n) is 5.16. The Balaban J connectivity index is 2.41. The number of esters is 1. The second kappa shape index (κ2) is 4.74. The van der Waals surface area contributed by atoms with E-state index in [0.717, 1.165) is 10.8 Å². The molecule has 1 aromatic carbocycles. The van der Waals surface area contributed by atoms with E-state index in [1.807, 2.05) is 30.3 Å². The number of fused-ring (bicyclic) bond motifs is 1. The summed E-state index contributed by atoms with van der Waals surface area (Å²) in [6.07, 6.45) is 1.28. The predicted molar refractivity (Wildman–Crippen MR) is 62.7 cm³/mol. The Morgan fingerprint density at radius 1 is 1.24 bits per heavy atom. The van der Waals surface area contributed by atoms with Gasteiger partial charge in [0.15, 0.2) is 5.78 Å². The standard InChI is InChI=1S/C13H11NO3/c1-17-12(16)8-11(15)13-10-5-3-2-4-9(10)6-7-14-13/h2-7H,8H2,1H3. The van der Waals surface area contributed by atoms with Crippen molar-refractivity contribution >= 4 is 22.5 Å². The average Bonchev–Trinajstić information content (AvgIpc) is 2.37. The van der Waals surface area contributed by atoms with Crippen molar-refractivity contribution in [3.8, 4) is 0 Å². The Hall–Kier alpha value is -2.23. The first-order chi connectivity index (χ1) is 8.22. The van der Waals surface area contributed by atoms with E-state index in [0.29, 0.717) is 5.69 Å². The summed E-state index contributed by atoms with van der Waals surface area (Å²) in [6.45, 7) is 0. The molecule has 0 amide bonds. The van der Waals surface area contributed by atoms with Gasteiger partial charge in [0.2, 0.25) is 0 Å². The van der Waals surface area contributed by atoms with Crippen LogP contribution in [0.3, 0.4) is 0 Å². The number of methoxy groups -OCH3 is 1. The number of pyridine rings is 1. The lowest BCUT2D eigenvalue weighted by Crippen LogP contribution is -2.11. The monoisotopic (exact) mass is 229 g/mol. The van der Waals surface area contributed by atoms with Gasteiger partial charge < -0.3 is 4.74 Å². The minimum Gasteiger partial charge on any atom is -0.469 e. The number of hydrogen-bond acceptors (Lipinski definition) is 4. The van der Waals surface area contributed by atoms with E-state index in [1.165, 1.54) is 7.11 Å². The van der Waals surface area contributed by atoms with Gasteiger partial charge in [-0.2, -0.15) is 0 Å². The van der Waals surface area contributed by atoms with E-state index in [-0.39, 0.29) is 12.2 Å². The van der Waals surface area contributed by atoms with Gasteiger partial charge >= 0.3 is 5.97 Å². The van der Waals surface area contributed by atoms with Crippen molar-refractivity contribution in [2.24, 2.45) is 0 Å². The van der Waals surface area contributed by atoms with E-state index >= 15 is 0 Å². The largest absolute Gasteiger partial charge is 0.469 e. The van der Waals surface area contributed by atoms with Crippen LogP contribution in [0.15, 0.2) is 36.5 Å². The van der Waals surface area contributed by atoms with Gasteiger partial charge in [0.25, 0.3) is 0 Å². The van der Waals surface area contributed by atoms with Gasteiger partial charge in [-0.3, -0.25) is 14.6 Å². The molecule has 4 nitrogen and oxygen atoms in total. The highest BCUT2D eigenvalue weighted by Gasteiger charge is 2.15. The van der Waals surface area contributed by atoms with E-state index in [4.69, 9.17) is 0 Å². The quantitative estimate of drug-likeness (QED) is 0.458. The van der Waals surface area contributed by atoms with Gasteiger partial charge in [-0.25, -0.2) is 0 Å². The third-order valence-corrected chi connectivity index (χ3v) is 2.47. The summed E-state index contributed by atoms with van der Waals surface area (Å²) >= 11 is 0. The number of carbonyl (C=O) groups excluding carboxylic acids is 2.